The predicted molar refractivity (Wildman–Crippen MR) is 71.9 cm³/mol. The molecule has 0 aliphatic rings. The van der Waals surface area contributed by atoms with Gasteiger partial charge in [0, 0.05) is 4.75 Å². The highest BCUT2D eigenvalue weighted by Crippen LogP contribution is 2.30. The first-order chi connectivity index (χ1) is 6.88. The normalized spacial score (nSPS) is 13.7. The van der Waals surface area contributed by atoms with Gasteiger partial charge in [0.25, 0.3) is 0 Å². The number of rotatable bonds is 2. The maximum absolute atomic E-state index is 12.2. The molecule has 0 radical (unpaired) electrons. The van der Waals surface area contributed by atoms with E-state index in [1.165, 1.54) is 0 Å². The highest BCUT2D eigenvalue weighted by molar-refractivity contribution is 14.1. The highest BCUT2D eigenvalue weighted by atomic mass is 127. The standard InChI is InChI=1S/C11H15IO2S/c1-11(2,3)15(13)9-7-5-6-8(14-4)10(9)12/h5-7H,1-4H3/t15-/m0/s1. The van der Waals surface area contributed by atoms with Crippen molar-refractivity contribution in [1.29, 1.82) is 0 Å². The second-order valence-electron chi connectivity index (χ2n) is 4.15. The van der Waals surface area contributed by atoms with Crippen LogP contribution in [0, 0.1) is 3.57 Å². The van der Waals surface area contributed by atoms with E-state index < -0.39 is 10.8 Å². The summed E-state index contributed by atoms with van der Waals surface area (Å²) in [5.74, 6) is 0.783. The summed E-state index contributed by atoms with van der Waals surface area (Å²) in [6.07, 6.45) is 0. The van der Waals surface area contributed by atoms with Gasteiger partial charge in [-0.2, -0.15) is 0 Å². The van der Waals surface area contributed by atoms with Crippen LogP contribution in [-0.4, -0.2) is 16.1 Å². The fourth-order valence-corrected chi connectivity index (χ4v) is 3.43. The molecule has 0 spiro atoms. The van der Waals surface area contributed by atoms with Crippen LogP contribution >= 0.6 is 22.6 Å². The van der Waals surface area contributed by atoms with E-state index in [1.807, 2.05) is 39.0 Å². The second kappa shape index (κ2) is 4.82. The van der Waals surface area contributed by atoms with E-state index >= 15 is 0 Å². The maximum Gasteiger partial charge on any atom is 0.133 e. The first-order valence-electron chi connectivity index (χ1n) is 4.62. The Morgan fingerprint density at radius 1 is 1.33 bits per heavy atom. The molecule has 0 N–H and O–H groups in total. The Hall–Kier alpha value is -0.100. The molecule has 0 amide bonds. The molecule has 15 heavy (non-hydrogen) atoms. The van der Waals surface area contributed by atoms with E-state index in [0.29, 0.717) is 0 Å². The molecule has 1 rings (SSSR count). The Labute approximate surface area is 107 Å². The fraction of sp³-hybridized carbons (Fsp3) is 0.455. The number of benzene rings is 1. The lowest BCUT2D eigenvalue weighted by Gasteiger charge is -2.19. The van der Waals surface area contributed by atoms with Crippen LogP contribution in [0.1, 0.15) is 20.8 Å². The van der Waals surface area contributed by atoms with Crippen LogP contribution in [0.25, 0.3) is 0 Å². The lowest BCUT2D eigenvalue weighted by Crippen LogP contribution is -2.22. The van der Waals surface area contributed by atoms with Crippen molar-refractivity contribution in [2.45, 2.75) is 30.4 Å². The lowest BCUT2D eigenvalue weighted by atomic mass is 10.3. The zero-order chi connectivity index (χ0) is 11.6. The van der Waals surface area contributed by atoms with Gasteiger partial charge in [0.1, 0.15) is 5.75 Å². The molecule has 1 atom stereocenters. The van der Waals surface area contributed by atoms with Crippen LogP contribution < -0.4 is 4.74 Å². The number of hydrogen-bond donors (Lipinski definition) is 0. The molecular formula is C11H15IO2S. The topological polar surface area (TPSA) is 26.3 Å². The van der Waals surface area contributed by atoms with Crippen molar-refractivity contribution in [3.05, 3.63) is 21.8 Å². The van der Waals surface area contributed by atoms with Crippen molar-refractivity contribution >= 4 is 33.4 Å². The van der Waals surface area contributed by atoms with Crippen molar-refractivity contribution in [2.24, 2.45) is 0 Å². The van der Waals surface area contributed by atoms with E-state index in [1.54, 1.807) is 7.11 Å². The summed E-state index contributed by atoms with van der Waals surface area (Å²) in [4.78, 5) is 0.849. The Bertz CT molecular complexity index is 383. The first kappa shape index (κ1) is 13.0. The van der Waals surface area contributed by atoms with Crippen LogP contribution in [0.2, 0.25) is 0 Å². The van der Waals surface area contributed by atoms with Crippen LogP contribution in [-0.2, 0) is 10.8 Å². The zero-order valence-corrected chi connectivity index (χ0v) is 12.3. The number of hydrogen-bond acceptors (Lipinski definition) is 2. The van der Waals surface area contributed by atoms with Gasteiger partial charge in [0.2, 0.25) is 0 Å². The SMILES string of the molecule is COc1cccc([S@](=O)C(C)(C)C)c1I. The largest absolute Gasteiger partial charge is 0.496 e. The molecule has 84 valence electrons. The summed E-state index contributed by atoms with van der Waals surface area (Å²) in [7, 11) is 0.615. The van der Waals surface area contributed by atoms with E-state index in [9.17, 15) is 4.21 Å². The summed E-state index contributed by atoms with van der Waals surface area (Å²) < 4.78 is 18.1. The summed E-state index contributed by atoms with van der Waals surface area (Å²) in [5.41, 5.74) is 0. The zero-order valence-electron chi connectivity index (χ0n) is 9.33. The third kappa shape index (κ3) is 2.93. The number of ether oxygens (including phenoxy) is 1. The van der Waals surface area contributed by atoms with Crippen molar-refractivity contribution < 1.29 is 8.95 Å². The number of halogens is 1. The minimum atomic E-state index is -1.01. The van der Waals surface area contributed by atoms with Gasteiger partial charge in [-0.25, -0.2) is 0 Å². The molecular weight excluding hydrogens is 323 g/mol. The molecule has 1 aromatic carbocycles. The Kier molecular flexibility index (Phi) is 4.17. The van der Waals surface area contributed by atoms with Crippen molar-refractivity contribution in [2.75, 3.05) is 7.11 Å². The minimum Gasteiger partial charge on any atom is -0.496 e. The van der Waals surface area contributed by atoms with Crippen LogP contribution in [0.3, 0.4) is 0 Å². The van der Waals surface area contributed by atoms with E-state index in [0.717, 1.165) is 14.2 Å². The summed E-state index contributed by atoms with van der Waals surface area (Å²) >= 11 is 2.18. The molecule has 0 bridgehead atoms. The van der Waals surface area contributed by atoms with Crippen molar-refractivity contribution in [1.82, 2.24) is 0 Å². The van der Waals surface area contributed by atoms with Crippen molar-refractivity contribution in [3.63, 3.8) is 0 Å². The van der Waals surface area contributed by atoms with E-state index in [2.05, 4.69) is 22.6 Å². The predicted octanol–water partition coefficient (Wildman–Crippen LogP) is 3.21. The molecule has 0 heterocycles. The van der Waals surface area contributed by atoms with E-state index in [4.69, 9.17) is 4.74 Å². The van der Waals surface area contributed by atoms with Gasteiger partial charge in [-0.15, -0.1) is 0 Å². The number of methoxy groups -OCH3 is 1. The molecule has 0 unspecified atom stereocenters. The van der Waals surface area contributed by atoms with Gasteiger partial charge in [-0.05, 0) is 55.5 Å². The quantitative estimate of drug-likeness (QED) is 0.774. The van der Waals surface area contributed by atoms with Crippen LogP contribution in [0.4, 0.5) is 0 Å². The van der Waals surface area contributed by atoms with Gasteiger partial charge in [0.05, 0.1) is 26.4 Å². The summed E-state index contributed by atoms with van der Waals surface area (Å²) in [6, 6.07) is 5.65. The van der Waals surface area contributed by atoms with Gasteiger partial charge >= 0.3 is 0 Å². The molecule has 1 aromatic rings. The maximum atomic E-state index is 12.2. The van der Waals surface area contributed by atoms with Crippen molar-refractivity contribution in [3.8, 4) is 5.75 Å². The van der Waals surface area contributed by atoms with E-state index in [-0.39, 0.29) is 4.75 Å². The Balaban J connectivity index is 3.22. The lowest BCUT2D eigenvalue weighted by molar-refractivity contribution is 0.410. The molecule has 0 saturated carbocycles. The average molecular weight is 338 g/mol. The minimum absolute atomic E-state index is 0.244. The molecule has 0 aliphatic heterocycles. The molecule has 4 heteroatoms. The molecule has 2 nitrogen and oxygen atoms in total. The van der Waals surface area contributed by atoms with Gasteiger partial charge < -0.3 is 4.74 Å². The summed E-state index contributed by atoms with van der Waals surface area (Å²) in [6.45, 7) is 5.91. The fourth-order valence-electron chi connectivity index (χ4n) is 1.12. The third-order valence-electron chi connectivity index (χ3n) is 1.90. The molecule has 0 fully saturated rings. The molecule has 0 aromatic heterocycles. The Morgan fingerprint density at radius 2 is 1.93 bits per heavy atom. The Morgan fingerprint density at radius 3 is 2.40 bits per heavy atom. The third-order valence-corrected chi connectivity index (χ3v) is 5.23. The average Bonchev–Trinajstić information content (AvgIpc) is 2.16. The van der Waals surface area contributed by atoms with Gasteiger partial charge in [-0.1, -0.05) is 6.07 Å². The smallest absolute Gasteiger partial charge is 0.133 e. The second-order valence-corrected chi connectivity index (χ2v) is 7.43. The van der Waals surface area contributed by atoms with Crippen LogP contribution in [0.15, 0.2) is 23.1 Å². The molecule has 0 aliphatic carbocycles. The first-order valence-corrected chi connectivity index (χ1v) is 6.85. The van der Waals surface area contributed by atoms with Crippen LogP contribution in [0.5, 0.6) is 5.75 Å². The summed E-state index contributed by atoms with van der Waals surface area (Å²) in [5, 5.41) is 0. The molecule has 0 saturated heterocycles. The highest BCUT2D eigenvalue weighted by Gasteiger charge is 2.24. The monoisotopic (exact) mass is 338 g/mol. The van der Waals surface area contributed by atoms with Gasteiger partial charge in [-0.3, -0.25) is 4.21 Å². The van der Waals surface area contributed by atoms with Gasteiger partial charge in [0.15, 0.2) is 0 Å².